The first-order valence-electron chi connectivity index (χ1n) is 5.17. The van der Waals surface area contributed by atoms with Crippen molar-refractivity contribution in [2.24, 2.45) is 5.92 Å². The van der Waals surface area contributed by atoms with Crippen LogP contribution in [0.3, 0.4) is 0 Å². The molecule has 88 valence electrons. The first-order valence-corrected chi connectivity index (χ1v) is 6.70. The van der Waals surface area contributed by atoms with Gasteiger partial charge in [-0.1, -0.05) is 48.6 Å². The van der Waals surface area contributed by atoms with E-state index in [4.69, 9.17) is 0 Å². The van der Waals surface area contributed by atoms with Gasteiger partial charge in [0.15, 0.2) is 0 Å². The summed E-state index contributed by atoms with van der Waals surface area (Å²) in [5.74, 6) is -0.475. The van der Waals surface area contributed by atoms with E-state index in [9.17, 15) is 9.18 Å². The monoisotopic (exact) mass is 335 g/mol. The highest BCUT2D eigenvalue weighted by molar-refractivity contribution is 14.1. The van der Waals surface area contributed by atoms with E-state index in [-0.39, 0.29) is 17.5 Å². The second-order valence-electron chi connectivity index (χ2n) is 3.96. The van der Waals surface area contributed by atoms with Crippen molar-refractivity contribution in [2.75, 3.05) is 4.43 Å². The van der Waals surface area contributed by atoms with Crippen molar-refractivity contribution in [1.29, 1.82) is 0 Å². The van der Waals surface area contributed by atoms with Gasteiger partial charge in [-0.25, -0.2) is 4.39 Å². The molecule has 0 fully saturated rings. The zero-order chi connectivity index (χ0) is 12.1. The molecule has 1 aromatic carbocycles. The summed E-state index contributed by atoms with van der Waals surface area (Å²) in [6, 6.07) is 6.10. The molecule has 0 radical (unpaired) electrons. The molecule has 0 bridgehead atoms. The summed E-state index contributed by atoms with van der Waals surface area (Å²) in [5.41, 5.74) is 0.109. The fraction of sp³-hybridized carbons (Fsp3) is 0.417. The van der Waals surface area contributed by atoms with Crippen LogP contribution in [0, 0.1) is 11.7 Å². The molecule has 2 nitrogen and oxygen atoms in total. The summed E-state index contributed by atoms with van der Waals surface area (Å²) in [6.45, 7) is 4.07. The van der Waals surface area contributed by atoms with Crippen LogP contribution >= 0.6 is 22.6 Å². The largest absolute Gasteiger partial charge is 0.348 e. The minimum absolute atomic E-state index is 0.0766. The molecule has 1 unspecified atom stereocenters. The van der Waals surface area contributed by atoms with E-state index >= 15 is 0 Å². The number of carbonyl (C=O) groups is 1. The van der Waals surface area contributed by atoms with E-state index < -0.39 is 5.82 Å². The molecule has 0 saturated heterocycles. The summed E-state index contributed by atoms with van der Waals surface area (Å²) in [5, 5.41) is 2.84. The number of rotatable bonds is 4. The van der Waals surface area contributed by atoms with E-state index in [2.05, 4.69) is 27.9 Å². The Balaban J connectivity index is 2.76. The number of halogens is 2. The lowest BCUT2D eigenvalue weighted by atomic mass is 10.1. The first-order chi connectivity index (χ1) is 7.56. The first kappa shape index (κ1) is 13.4. The third-order valence-corrected chi connectivity index (χ3v) is 3.35. The van der Waals surface area contributed by atoms with Crippen LogP contribution in [0.4, 0.5) is 4.39 Å². The maximum atomic E-state index is 13.3. The lowest BCUT2D eigenvalue weighted by Gasteiger charge is -2.20. The molecule has 0 heterocycles. The molecule has 0 saturated carbocycles. The van der Waals surface area contributed by atoms with Crippen LogP contribution < -0.4 is 5.32 Å². The molecule has 0 aliphatic heterocycles. The van der Waals surface area contributed by atoms with Crippen LogP contribution in [0.25, 0.3) is 0 Å². The summed E-state index contributed by atoms with van der Waals surface area (Å²) in [6.07, 6.45) is 0. The van der Waals surface area contributed by atoms with Crippen LogP contribution in [-0.4, -0.2) is 16.4 Å². The Morgan fingerprint density at radius 1 is 1.44 bits per heavy atom. The number of carbonyl (C=O) groups excluding carboxylic acids is 1. The van der Waals surface area contributed by atoms with Crippen molar-refractivity contribution >= 4 is 28.5 Å². The standard InChI is InChI=1S/C12H15FINO/c1-8(2)11(7-14)15-12(16)9-5-3-4-6-10(9)13/h3-6,8,11H,7H2,1-2H3,(H,15,16). The molecule has 1 amide bonds. The van der Waals surface area contributed by atoms with Crippen LogP contribution in [0.15, 0.2) is 24.3 Å². The van der Waals surface area contributed by atoms with Gasteiger partial charge in [0.1, 0.15) is 5.82 Å². The predicted octanol–water partition coefficient (Wildman–Crippen LogP) is 3.02. The Hall–Kier alpha value is -0.650. The average molecular weight is 335 g/mol. The van der Waals surface area contributed by atoms with E-state index in [1.165, 1.54) is 12.1 Å². The van der Waals surface area contributed by atoms with Crippen molar-refractivity contribution in [3.05, 3.63) is 35.6 Å². The van der Waals surface area contributed by atoms with Crippen molar-refractivity contribution in [1.82, 2.24) is 5.32 Å². The van der Waals surface area contributed by atoms with Gasteiger partial charge in [0.2, 0.25) is 0 Å². The Bertz CT molecular complexity index is 368. The Labute approximate surface area is 109 Å². The summed E-state index contributed by atoms with van der Waals surface area (Å²) >= 11 is 2.22. The molecular formula is C12H15FINO. The number of alkyl halides is 1. The van der Waals surface area contributed by atoms with Crippen molar-refractivity contribution in [3.8, 4) is 0 Å². The van der Waals surface area contributed by atoms with Crippen molar-refractivity contribution < 1.29 is 9.18 Å². The zero-order valence-corrected chi connectivity index (χ0v) is 11.5. The normalized spacial score (nSPS) is 12.6. The van der Waals surface area contributed by atoms with Gasteiger partial charge >= 0.3 is 0 Å². The number of hydrogen-bond acceptors (Lipinski definition) is 1. The number of benzene rings is 1. The minimum Gasteiger partial charge on any atom is -0.348 e. The van der Waals surface area contributed by atoms with Gasteiger partial charge in [0, 0.05) is 10.5 Å². The molecular weight excluding hydrogens is 320 g/mol. The quantitative estimate of drug-likeness (QED) is 0.665. The highest BCUT2D eigenvalue weighted by Crippen LogP contribution is 2.09. The highest BCUT2D eigenvalue weighted by Gasteiger charge is 2.17. The smallest absolute Gasteiger partial charge is 0.254 e. The summed E-state index contributed by atoms with van der Waals surface area (Å²) in [7, 11) is 0. The minimum atomic E-state index is -0.476. The molecule has 1 aromatic rings. The van der Waals surface area contributed by atoms with E-state index in [1.807, 2.05) is 13.8 Å². The number of amides is 1. The van der Waals surface area contributed by atoms with Crippen LogP contribution in [0.1, 0.15) is 24.2 Å². The van der Waals surface area contributed by atoms with Gasteiger partial charge in [0.05, 0.1) is 5.56 Å². The number of nitrogens with one attached hydrogen (secondary N) is 1. The third-order valence-electron chi connectivity index (χ3n) is 2.41. The lowest BCUT2D eigenvalue weighted by Crippen LogP contribution is -2.40. The summed E-state index contributed by atoms with van der Waals surface area (Å²) in [4.78, 5) is 11.8. The SMILES string of the molecule is CC(C)C(CI)NC(=O)c1ccccc1F. The average Bonchev–Trinajstić information content (AvgIpc) is 2.25. The van der Waals surface area contributed by atoms with Gasteiger partial charge in [-0.15, -0.1) is 0 Å². The molecule has 16 heavy (non-hydrogen) atoms. The van der Waals surface area contributed by atoms with Crippen LogP contribution in [0.5, 0.6) is 0 Å². The molecule has 1 atom stereocenters. The van der Waals surface area contributed by atoms with Gasteiger partial charge in [0.25, 0.3) is 5.91 Å². The fourth-order valence-electron chi connectivity index (χ4n) is 1.27. The fourth-order valence-corrected chi connectivity index (χ4v) is 2.51. The Morgan fingerprint density at radius 2 is 2.06 bits per heavy atom. The maximum Gasteiger partial charge on any atom is 0.254 e. The topological polar surface area (TPSA) is 29.1 Å². The number of hydrogen-bond donors (Lipinski definition) is 1. The van der Waals surface area contributed by atoms with Crippen LogP contribution in [-0.2, 0) is 0 Å². The molecule has 0 aliphatic carbocycles. The molecule has 0 aromatic heterocycles. The Kier molecular flexibility index (Phi) is 5.18. The van der Waals surface area contributed by atoms with Gasteiger partial charge < -0.3 is 5.32 Å². The zero-order valence-electron chi connectivity index (χ0n) is 9.34. The summed E-state index contributed by atoms with van der Waals surface area (Å²) < 4.78 is 14.1. The second-order valence-corrected chi connectivity index (χ2v) is 4.84. The molecule has 0 spiro atoms. The van der Waals surface area contributed by atoms with Gasteiger partial charge in [-0.2, -0.15) is 0 Å². The highest BCUT2D eigenvalue weighted by atomic mass is 127. The van der Waals surface area contributed by atoms with E-state index in [0.29, 0.717) is 5.92 Å². The van der Waals surface area contributed by atoms with Crippen molar-refractivity contribution in [3.63, 3.8) is 0 Å². The van der Waals surface area contributed by atoms with E-state index in [1.54, 1.807) is 12.1 Å². The second kappa shape index (κ2) is 6.18. The van der Waals surface area contributed by atoms with Crippen molar-refractivity contribution in [2.45, 2.75) is 19.9 Å². The molecule has 0 aliphatic rings. The van der Waals surface area contributed by atoms with Crippen LogP contribution in [0.2, 0.25) is 0 Å². The molecule has 4 heteroatoms. The molecule has 1 N–H and O–H groups in total. The maximum absolute atomic E-state index is 13.3. The van der Waals surface area contributed by atoms with E-state index in [0.717, 1.165) is 4.43 Å². The predicted molar refractivity (Wildman–Crippen MR) is 71.4 cm³/mol. The van der Waals surface area contributed by atoms with Gasteiger partial charge in [-0.05, 0) is 18.1 Å². The van der Waals surface area contributed by atoms with Gasteiger partial charge in [-0.3, -0.25) is 4.79 Å². The third kappa shape index (κ3) is 3.43. The Morgan fingerprint density at radius 3 is 2.56 bits per heavy atom. The molecule has 1 rings (SSSR count). The lowest BCUT2D eigenvalue weighted by molar-refractivity contribution is 0.0928.